The number of amides is 3. The number of hydrogen-bond donors (Lipinski definition) is 3. The first-order chi connectivity index (χ1) is 12.6. The lowest BCUT2D eigenvalue weighted by molar-refractivity contribution is -0.133. The molecular formula is C19H27F2N3O3. The number of rotatable bonds is 8. The molecule has 0 aliphatic heterocycles. The van der Waals surface area contributed by atoms with Crippen molar-refractivity contribution >= 4 is 17.7 Å². The normalized spacial score (nSPS) is 13.2. The van der Waals surface area contributed by atoms with E-state index in [1.54, 1.807) is 13.8 Å². The monoisotopic (exact) mass is 383 g/mol. The van der Waals surface area contributed by atoms with Gasteiger partial charge in [0, 0.05) is 13.5 Å². The van der Waals surface area contributed by atoms with Crippen LogP contribution >= 0.6 is 0 Å². The Morgan fingerprint density at radius 1 is 0.963 bits per heavy atom. The van der Waals surface area contributed by atoms with Crippen molar-refractivity contribution in [1.29, 1.82) is 0 Å². The van der Waals surface area contributed by atoms with Crippen LogP contribution in [0.1, 0.15) is 45.7 Å². The van der Waals surface area contributed by atoms with Gasteiger partial charge in [0.15, 0.2) is 11.6 Å². The van der Waals surface area contributed by atoms with E-state index in [0.29, 0.717) is 0 Å². The van der Waals surface area contributed by atoms with Crippen LogP contribution in [0.25, 0.3) is 0 Å². The van der Waals surface area contributed by atoms with Crippen LogP contribution in [0.15, 0.2) is 18.2 Å². The van der Waals surface area contributed by atoms with Crippen molar-refractivity contribution in [3.05, 3.63) is 35.4 Å². The van der Waals surface area contributed by atoms with E-state index in [4.69, 9.17) is 0 Å². The highest BCUT2D eigenvalue weighted by Gasteiger charge is 2.29. The Hall–Kier alpha value is -2.51. The Bertz CT molecular complexity index is 693. The Kier molecular flexibility index (Phi) is 8.33. The van der Waals surface area contributed by atoms with Crippen LogP contribution in [0.4, 0.5) is 8.78 Å². The van der Waals surface area contributed by atoms with Crippen molar-refractivity contribution < 1.29 is 23.2 Å². The molecule has 6 nitrogen and oxygen atoms in total. The largest absolute Gasteiger partial charge is 0.357 e. The van der Waals surface area contributed by atoms with Crippen LogP contribution in [0.5, 0.6) is 0 Å². The molecule has 2 atom stereocenters. The zero-order chi connectivity index (χ0) is 20.7. The number of hydrogen-bond acceptors (Lipinski definition) is 3. The zero-order valence-electron chi connectivity index (χ0n) is 16.2. The molecule has 3 amide bonds. The van der Waals surface area contributed by atoms with Crippen LogP contribution in [-0.4, -0.2) is 30.8 Å². The van der Waals surface area contributed by atoms with Crippen molar-refractivity contribution in [2.45, 2.75) is 46.2 Å². The van der Waals surface area contributed by atoms with Crippen molar-refractivity contribution in [2.24, 2.45) is 11.8 Å². The van der Waals surface area contributed by atoms with Gasteiger partial charge < -0.3 is 16.0 Å². The number of benzene rings is 1. The number of carbonyl (C=O) groups is 3. The van der Waals surface area contributed by atoms with Crippen molar-refractivity contribution in [3.63, 3.8) is 0 Å². The lowest BCUT2D eigenvalue weighted by Crippen LogP contribution is -2.52. The first-order valence-corrected chi connectivity index (χ1v) is 8.83. The van der Waals surface area contributed by atoms with E-state index >= 15 is 0 Å². The third-order valence-corrected chi connectivity index (χ3v) is 3.93. The maximum absolute atomic E-state index is 13.5. The lowest BCUT2D eigenvalue weighted by atomic mass is 10.00. The van der Waals surface area contributed by atoms with Crippen molar-refractivity contribution in [2.75, 3.05) is 7.05 Å². The fraction of sp³-hybridized carbons (Fsp3) is 0.526. The first-order valence-electron chi connectivity index (χ1n) is 8.83. The third kappa shape index (κ3) is 6.62. The van der Waals surface area contributed by atoms with Gasteiger partial charge in [-0.2, -0.15) is 0 Å². The Balaban J connectivity index is 3.03. The van der Waals surface area contributed by atoms with E-state index in [9.17, 15) is 23.2 Å². The summed E-state index contributed by atoms with van der Waals surface area (Å²) in [7, 11) is 1.37. The van der Waals surface area contributed by atoms with Crippen LogP contribution in [0.3, 0.4) is 0 Å². The molecule has 0 aliphatic carbocycles. The summed E-state index contributed by atoms with van der Waals surface area (Å²) in [6, 6.07) is 0.879. The summed E-state index contributed by atoms with van der Waals surface area (Å²) in [6.45, 7) is 7.28. The van der Waals surface area contributed by atoms with Crippen molar-refractivity contribution in [3.8, 4) is 0 Å². The van der Waals surface area contributed by atoms with E-state index < -0.39 is 35.5 Å². The molecule has 1 rings (SSSR count). The summed E-state index contributed by atoms with van der Waals surface area (Å²) in [4.78, 5) is 36.9. The van der Waals surface area contributed by atoms with E-state index in [2.05, 4.69) is 16.0 Å². The molecule has 0 bridgehead atoms. The number of carbonyl (C=O) groups excluding carboxylic acids is 3. The molecule has 0 heterocycles. The molecule has 0 spiro atoms. The second kappa shape index (κ2) is 9.99. The van der Waals surface area contributed by atoms with Gasteiger partial charge in [0.05, 0.1) is 0 Å². The molecule has 0 aromatic heterocycles. The van der Waals surface area contributed by atoms with Crippen LogP contribution in [0, 0.1) is 23.5 Å². The summed E-state index contributed by atoms with van der Waals surface area (Å²) in [5.74, 6) is -3.74. The minimum absolute atomic E-state index is 0.0950. The third-order valence-electron chi connectivity index (χ3n) is 3.93. The Labute approximate surface area is 158 Å². The molecule has 0 aliphatic rings. The average molecular weight is 383 g/mol. The smallest absolute Gasteiger partial charge is 0.246 e. The SMILES string of the molecule is CNC(=O)C(NC(=O)C(NC(=O)CC(C)C)C(C)C)c1ccc(F)c(F)c1. The molecule has 0 saturated carbocycles. The highest BCUT2D eigenvalue weighted by atomic mass is 19.2. The number of nitrogens with one attached hydrogen (secondary N) is 3. The van der Waals surface area contributed by atoms with E-state index in [-0.39, 0.29) is 29.7 Å². The zero-order valence-corrected chi connectivity index (χ0v) is 16.2. The van der Waals surface area contributed by atoms with Gasteiger partial charge in [0.2, 0.25) is 17.7 Å². The number of likely N-dealkylation sites (N-methyl/N-ethyl adjacent to an activating group) is 1. The summed E-state index contributed by atoms with van der Waals surface area (Å²) >= 11 is 0. The van der Waals surface area contributed by atoms with Crippen LogP contribution < -0.4 is 16.0 Å². The molecule has 1 aromatic rings. The highest BCUT2D eigenvalue weighted by Crippen LogP contribution is 2.18. The highest BCUT2D eigenvalue weighted by molar-refractivity contribution is 5.92. The van der Waals surface area contributed by atoms with Crippen molar-refractivity contribution in [1.82, 2.24) is 16.0 Å². The van der Waals surface area contributed by atoms with Gasteiger partial charge >= 0.3 is 0 Å². The minimum atomic E-state index is -1.22. The molecule has 0 fully saturated rings. The molecule has 1 aromatic carbocycles. The lowest BCUT2D eigenvalue weighted by Gasteiger charge is -2.25. The van der Waals surface area contributed by atoms with Gasteiger partial charge in [-0.15, -0.1) is 0 Å². The molecule has 3 N–H and O–H groups in total. The van der Waals surface area contributed by atoms with Crippen LogP contribution in [0.2, 0.25) is 0 Å². The fourth-order valence-corrected chi connectivity index (χ4v) is 2.51. The number of halogens is 2. The molecule has 0 saturated heterocycles. The Morgan fingerprint density at radius 3 is 2.07 bits per heavy atom. The standard InChI is InChI=1S/C19H27F2N3O3/c1-10(2)8-15(25)23-16(11(3)4)19(27)24-17(18(26)22-5)12-6-7-13(20)14(21)9-12/h6-7,9-11,16-17H,8H2,1-5H3,(H,22,26)(H,23,25)(H,24,27). The van der Waals surface area contributed by atoms with E-state index in [1.165, 1.54) is 13.1 Å². The van der Waals surface area contributed by atoms with Gasteiger partial charge in [-0.1, -0.05) is 33.8 Å². The Morgan fingerprint density at radius 2 is 1.59 bits per heavy atom. The summed E-state index contributed by atoms with van der Waals surface area (Å²) in [5, 5.41) is 7.56. The quantitative estimate of drug-likeness (QED) is 0.642. The van der Waals surface area contributed by atoms with Gasteiger partial charge in [-0.3, -0.25) is 14.4 Å². The maximum atomic E-state index is 13.5. The van der Waals surface area contributed by atoms with E-state index in [1.807, 2.05) is 13.8 Å². The summed E-state index contributed by atoms with van der Waals surface area (Å²) in [6.07, 6.45) is 0.262. The minimum Gasteiger partial charge on any atom is -0.357 e. The summed E-state index contributed by atoms with van der Waals surface area (Å²) < 4.78 is 26.7. The van der Waals surface area contributed by atoms with Crippen LogP contribution in [-0.2, 0) is 14.4 Å². The van der Waals surface area contributed by atoms with Gasteiger partial charge in [-0.25, -0.2) is 8.78 Å². The fourth-order valence-electron chi connectivity index (χ4n) is 2.51. The second-order valence-electron chi connectivity index (χ2n) is 7.12. The first kappa shape index (κ1) is 22.5. The topological polar surface area (TPSA) is 87.3 Å². The molecule has 150 valence electrons. The van der Waals surface area contributed by atoms with Gasteiger partial charge in [0.1, 0.15) is 12.1 Å². The van der Waals surface area contributed by atoms with Gasteiger partial charge in [0.25, 0.3) is 0 Å². The molecule has 27 heavy (non-hydrogen) atoms. The molecule has 8 heteroatoms. The van der Waals surface area contributed by atoms with E-state index in [0.717, 1.165) is 12.1 Å². The summed E-state index contributed by atoms with van der Waals surface area (Å²) in [5.41, 5.74) is 0.0950. The second-order valence-corrected chi connectivity index (χ2v) is 7.12. The average Bonchev–Trinajstić information content (AvgIpc) is 2.58. The van der Waals surface area contributed by atoms with Gasteiger partial charge in [-0.05, 0) is 29.5 Å². The predicted octanol–water partition coefficient (Wildman–Crippen LogP) is 2.05. The molecule has 2 unspecified atom stereocenters. The molecular weight excluding hydrogens is 356 g/mol. The maximum Gasteiger partial charge on any atom is 0.246 e. The molecule has 0 radical (unpaired) electrons. The predicted molar refractivity (Wildman–Crippen MR) is 97.5 cm³/mol.